The smallest absolute Gasteiger partial charge is 0.358 e. The Bertz CT molecular complexity index is 941. The zero-order valence-electron chi connectivity index (χ0n) is 14.0. The highest BCUT2D eigenvalue weighted by Gasteiger charge is 2.18. The highest BCUT2D eigenvalue weighted by Crippen LogP contribution is 2.33. The van der Waals surface area contributed by atoms with Crippen molar-refractivity contribution in [3.05, 3.63) is 76.5 Å². The number of nitrogens with zero attached hydrogens (tertiary/aromatic N) is 3. The van der Waals surface area contributed by atoms with Crippen LogP contribution in [0.5, 0.6) is 0 Å². The number of anilines is 1. The summed E-state index contributed by atoms with van der Waals surface area (Å²) in [5, 5.41) is 17.5. The van der Waals surface area contributed by atoms with Crippen LogP contribution in [-0.2, 0) is 11.3 Å². The van der Waals surface area contributed by atoms with Crippen LogP contribution < -0.4 is 5.32 Å². The molecule has 0 aliphatic rings. The normalized spacial score (nSPS) is 10.5. The predicted octanol–water partition coefficient (Wildman–Crippen LogP) is 3.89. The van der Waals surface area contributed by atoms with Gasteiger partial charge in [0.1, 0.15) is 6.54 Å². The van der Waals surface area contributed by atoms with Crippen molar-refractivity contribution in [3.63, 3.8) is 0 Å². The molecular formula is C18H16N4O3S. The van der Waals surface area contributed by atoms with Gasteiger partial charge in [-0.1, -0.05) is 42.1 Å². The maximum atomic E-state index is 12.4. The van der Waals surface area contributed by atoms with Gasteiger partial charge in [-0.3, -0.25) is 4.79 Å². The van der Waals surface area contributed by atoms with Crippen LogP contribution in [0.4, 0.5) is 11.5 Å². The van der Waals surface area contributed by atoms with Gasteiger partial charge in [0.2, 0.25) is 5.91 Å². The molecule has 0 saturated heterocycles. The third-order valence-corrected chi connectivity index (χ3v) is 4.66. The monoisotopic (exact) mass is 368 g/mol. The van der Waals surface area contributed by atoms with E-state index in [0.717, 1.165) is 9.79 Å². The molecule has 0 aliphatic carbocycles. The van der Waals surface area contributed by atoms with Gasteiger partial charge in [0.25, 0.3) is 0 Å². The lowest BCUT2D eigenvalue weighted by atomic mass is 10.3. The van der Waals surface area contributed by atoms with E-state index in [4.69, 9.17) is 0 Å². The summed E-state index contributed by atoms with van der Waals surface area (Å²) in [7, 11) is 0. The number of benzene rings is 2. The summed E-state index contributed by atoms with van der Waals surface area (Å²) in [6, 6.07) is 18.7. The van der Waals surface area contributed by atoms with Crippen LogP contribution in [0.3, 0.4) is 0 Å². The number of aromatic nitrogens is 2. The summed E-state index contributed by atoms with van der Waals surface area (Å²) in [6.45, 7) is 1.58. The molecule has 1 heterocycles. The van der Waals surface area contributed by atoms with E-state index < -0.39 is 4.92 Å². The molecule has 3 aromatic rings. The molecule has 0 aliphatic heterocycles. The van der Waals surface area contributed by atoms with Crippen molar-refractivity contribution in [3.8, 4) is 0 Å². The lowest BCUT2D eigenvalue weighted by Gasteiger charge is -2.10. The molecule has 26 heavy (non-hydrogen) atoms. The van der Waals surface area contributed by atoms with E-state index in [-0.39, 0.29) is 18.3 Å². The van der Waals surface area contributed by atoms with E-state index in [1.54, 1.807) is 18.7 Å². The summed E-state index contributed by atoms with van der Waals surface area (Å²) in [4.78, 5) is 24.6. The third-order valence-electron chi connectivity index (χ3n) is 3.58. The number of para-hydroxylation sites is 1. The van der Waals surface area contributed by atoms with Crippen LogP contribution in [0.1, 0.15) is 5.69 Å². The first-order valence-electron chi connectivity index (χ1n) is 7.83. The number of nitrogens with one attached hydrogen (secondary N) is 1. The van der Waals surface area contributed by atoms with Crippen molar-refractivity contribution >= 4 is 29.2 Å². The SMILES string of the molecule is Cc1cc([N+](=O)[O-])nn1CC(=O)Nc1ccccc1Sc1ccccc1. The van der Waals surface area contributed by atoms with Crippen LogP contribution in [0.15, 0.2) is 70.5 Å². The van der Waals surface area contributed by atoms with E-state index in [1.807, 2.05) is 54.6 Å². The fourth-order valence-corrected chi connectivity index (χ4v) is 3.26. The second kappa shape index (κ2) is 7.83. The van der Waals surface area contributed by atoms with E-state index >= 15 is 0 Å². The minimum atomic E-state index is -0.576. The molecule has 1 amide bonds. The molecule has 7 nitrogen and oxygen atoms in total. The Morgan fingerprint density at radius 1 is 1.19 bits per heavy atom. The van der Waals surface area contributed by atoms with Gasteiger partial charge in [-0.15, -0.1) is 0 Å². The van der Waals surface area contributed by atoms with Gasteiger partial charge in [0.05, 0.1) is 22.5 Å². The topological polar surface area (TPSA) is 90.1 Å². The minimum absolute atomic E-state index is 0.0932. The average molecular weight is 368 g/mol. The zero-order chi connectivity index (χ0) is 18.5. The maximum Gasteiger partial charge on any atom is 0.390 e. The fourth-order valence-electron chi connectivity index (χ4n) is 2.34. The Morgan fingerprint density at radius 3 is 2.58 bits per heavy atom. The number of hydrogen-bond acceptors (Lipinski definition) is 5. The summed E-state index contributed by atoms with van der Waals surface area (Å²) in [5.41, 5.74) is 1.24. The van der Waals surface area contributed by atoms with Crippen LogP contribution in [0, 0.1) is 17.0 Å². The van der Waals surface area contributed by atoms with Gasteiger partial charge < -0.3 is 15.4 Å². The fraction of sp³-hybridized carbons (Fsp3) is 0.111. The van der Waals surface area contributed by atoms with Crippen LogP contribution >= 0.6 is 11.8 Å². The van der Waals surface area contributed by atoms with Crippen molar-refractivity contribution in [1.82, 2.24) is 9.78 Å². The van der Waals surface area contributed by atoms with Crippen LogP contribution in [0.25, 0.3) is 0 Å². The van der Waals surface area contributed by atoms with Gasteiger partial charge in [-0.2, -0.15) is 4.68 Å². The van der Waals surface area contributed by atoms with Crippen LogP contribution in [-0.4, -0.2) is 20.6 Å². The highest BCUT2D eigenvalue weighted by atomic mass is 32.2. The van der Waals surface area contributed by atoms with Crippen molar-refractivity contribution < 1.29 is 9.72 Å². The van der Waals surface area contributed by atoms with Gasteiger partial charge in [0.15, 0.2) is 0 Å². The quantitative estimate of drug-likeness (QED) is 0.526. The molecule has 0 spiro atoms. The number of carbonyl (C=O) groups is 1. The number of rotatable bonds is 6. The molecule has 0 radical (unpaired) electrons. The summed E-state index contributed by atoms with van der Waals surface area (Å²) in [5.74, 6) is -0.567. The van der Waals surface area contributed by atoms with Gasteiger partial charge in [-0.05, 0) is 36.1 Å². The summed E-state index contributed by atoms with van der Waals surface area (Å²) >= 11 is 1.55. The zero-order valence-corrected chi connectivity index (χ0v) is 14.8. The van der Waals surface area contributed by atoms with E-state index in [0.29, 0.717) is 11.4 Å². The number of hydrogen-bond donors (Lipinski definition) is 1. The first-order valence-corrected chi connectivity index (χ1v) is 8.65. The summed E-state index contributed by atoms with van der Waals surface area (Å²) in [6.07, 6.45) is 0. The molecule has 0 bridgehead atoms. The lowest BCUT2D eigenvalue weighted by molar-refractivity contribution is -0.389. The van der Waals surface area contributed by atoms with Crippen molar-refractivity contribution in [2.45, 2.75) is 23.3 Å². The summed E-state index contributed by atoms with van der Waals surface area (Å²) < 4.78 is 1.32. The molecule has 3 rings (SSSR count). The molecule has 1 aromatic heterocycles. The Kier molecular flexibility index (Phi) is 5.33. The maximum absolute atomic E-state index is 12.4. The molecule has 132 valence electrons. The number of carbonyl (C=O) groups excluding carboxylic acids is 1. The molecule has 0 fully saturated rings. The standard InChI is InChI=1S/C18H16N4O3S/c1-13-11-17(22(24)25)20-21(13)12-18(23)19-15-9-5-6-10-16(15)26-14-7-3-2-4-8-14/h2-11H,12H2,1H3,(H,19,23). The minimum Gasteiger partial charge on any atom is -0.358 e. The van der Waals surface area contributed by atoms with Gasteiger partial charge >= 0.3 is 5.82 Å². The number of nitro groups is 1. The molecule has 8 heteroatoms. The third kappa shape index (κ3) is 4.28. The Labute approximate surface area is 154 Å². The molecule has 0 unspecified atom stereocenters. The van der Waals surface area contributed by atoms with Crippen molar-refractivity contribution in [2.24, 2.45) is 0 Å². The van der Waals surface area contributed by atoms with E-state index in [1.165, 1.54) is 10.7 Å². The predicted molar refractivity (Wildman–Crippen MR) is 99.3 cm³/mol. The molecule has 1 N–H and O–H groups in total. The first kappa shape index (κ1) is 17.7. The molecule has 0 saturated carbocycles. The largest absolute Gasteiger partial charge is 0.390 e. The van der Waals surface area contributed by atoms with Gasteiger partial charge in [0, 0.05) is 9.79 Å². The van der Waals surface area contributed by atoms with Gasteiger partial charge in [-0.25, -0.2) is 0 Å². The van der Waals surface area contributed by atoms with Crippen molar-refractivity contribution in [2.75, 3.05) is 5.32 Å². The molecular weight excluding hydrogens is 352 g/mol. The second-order valence-electron chi connectivity index (χ2n) is 5.52. The molecule has 2 aromatic carbocycles. The van der Waals surface area contributed by atoms with E-state index in [9.17, 15) is 14.9 Å². The van der Waals surface area contributed by atoms with E-state index in [2.05, 4.69) is 10.4 Å². The second-order valence-corrected chi connectivity index (χ2v) is 6.63. The average Bonchev–Trinajstić information content (AvgIpc) is 2.98. The number of amides is 1. The lowest BCUT2D eigenvalue weighted by Crippen LogP contribution is -2.20. The molecule has 0 atom stereocenters. The Hall–Kier alpha value is -3.13. The Balaban J connectivity index is 1.73. The van der Waals surface area contributed by atoms with Crippen molar-refractivity contribution in [1.29, 1.82) is 0 Å². The van der Waals surface area contributed by atoms with Crippen LogP contribution in [0.2, 0.25) is 0 Å². The number of aryl methyl sites for hydroxylation is 1. The highest BCUT2D eigenvalue weighted by molar-refractivity contribution is 7.99. The first-order chi connectivity index (χ1) is 12.5. The Morgan fingerprint density at radius 2 is 1.88 bits per heavy atom.